The van der Waals surface area contributed by atoms with Gasteiger partial charge in [0.25, 0.3) is 0 Å². The number of ether oxygens (including phenoxy) is 1. The Balaban J connectivity index is 1.32. The lowest BCUT2D eigenvalue weighted by Gasteiger charge is -2.16. The Morgan fingerprint density at radius 3 is 2.29 bits per heavy atom. The molecule has 4 aromatic rings. The van der Waals surface area contributed by atoms with Gasteiger partial charge in [0.15, 0.2) is 0 Å². The third kappa shape index (κ3) is 6.11. The molecule has 35 heavy (non-hydrogen) atoms. The molecular formula is C27H27N7O. The smallest absolute Gasteiger partial charge is 0.250 e. The molecule has 0 atom stereocenters. The Bertz CT molecular complexity index is 1260. The number of benzene rings is 3. The van der Waals surface area contributed by atoms with E-state index in [0.717, 1.165) is 48.5 Å². The topological polar surface area (TPSA) is 87.6 Å². The first-order valence-electron chi connectivity index (χ1n) is 11.7. The molecule has 3 aromatic carbocycles. The van der Waals surface area contributed by atoms with E-state index < -0.39 is 0 Å². The highest BCUT2D eigenvalue weighted by Crippen LogP contribution is 2.21. The molecule has 2 N–H and O–H groups in total. The number of rotatable bonds is 9. The van der Waals surface area contributed by atoms with Crippen LogP contribution < -0.4 is 20.4 Å². The Labute approximate surface area is 204 Å². The maximum absolute atomic E-state index is 6.02. The van der Waals surface area contributed by atoms with Crippen molar-refractivity contribution in [2.24, 2.45) is 5.10 Å². The summed E-state index contributed by atoms with van der Waals surface area (Å²) in [5.74, 6) is 2.23. The van der Waals surface area contributed by atoms with Crippen molar-refractivity contribution >= 4 is 29.7 Å². The molecule has 0 aliphatic carbocycles. The van der Waals surface area contributed by atoms with Gasteiger partial charge in [0.05, 0.1) is 6.21 Å². The number of nitrogens with one attached hydrogen (secondary N) is 2. The molecule has 0 amide bonds. The minimum atomic E-state index is 0.374. The average molecular weight is 466 g/mol. The van der Waals surface area contributed by atoms with E-state index in [1.807, 2.05) is 84.9 Å². The largest absolute Gasteiger partial charge is 0.488 e. The summed E-state index contributed by atoms with van der Waals surface area (Å²) < 4.78 is 6.02. The van der Waals surface area contributed by atoms with E-state index >= 15 is 0 Å². The highest BCUT2D eigenvalue weighted by molar-refractivity contribution is 5.83. The number of anilines is 4. The molecule has 1 saturated heterocycles. The van der Waals surface area contributed by atoms with Crippen molar-refractivity contribution in [2.45, 2.75) is 19.4 Å². The molecule has 0 saturated carbocycles. The maximum atomic E-state index is 6.02. The lowest BCUT2D eigenvalue weighted by Crippen LogP contribution is -2.21. The Kier molecular flexibility index (Phi) is 7.09. The third-order valence-electron chi connectivity index (χ3n) is 5.57. The first-order chi connectivity index (χ1) is 17.3. The van der Waals surface area contributed by atoms with Crippen LogP contribution in [0.3, 0.4) is 0 Å². The van der Waals surface area contributed by atoms with Gasteiger partial charge in [0.2, 0.25) is 17.8 Å². The third-order valence-corrected chi connectivity index (χ3v) is 5.57. The molecule has 8 heteroatoms. The monoisotopic (exact) mass is 465 g/mol. The van der Waals surface area contributed by atoms with Crippen LogP contribution >= 0.6 is 0 Å². The second-order valence-corrected chi connectivity index (χ2v) is 8.15. The molecule has 0 unspecified atom stereocenters. The molecule has 2 heterocycles. The van der Waals surface area contributed by atoms with Gasteiger partial charge < -0.3 is 15.0 Å². The molecule has 176 valence electrons. The van der Waals surface area contributed by atoms with Crippen LogP contribution in [0.15, 0.2) is 90.0 Å². The van der Waals surface area contributed by atoms with Crippen LogP contribution in [0.4, 0.5) is 23.5 Å². The quantitative estimate of drug-likeness (QED) is 0.258. The van der Waals surface area contributed by atoms with E-state index in [4.69, 9.17) is 4.74 Å². The van der Waals surface area contributed by atoms with Gasteiger partial charge >= 0.3 is 0 Å². The van der Waals surface area contributed by atoms with Crippen molar-refractivity contribution in [2.75, 3.05) is 28.7 Å². The van der Waals surface area contributed by atoms with Crippen LogP contribution in [-0.2, 0) is 6.61 Å². The zero-order valence-electron chi connectivity index (χ0n) is 19.3. The van der Waals surface area contributed by atoms with Gasteiger partial charge in [-0.25, -0.2) is 5.43 Å². The zero-order chi connectivity index (χ0) is 23.7. The standard InChI is InChI=1S/C27H27N7O/c1-3-11-21(12-4-1)20-35-24-16-8-7-13-22(24)19-28-33-26-30-25(29-23-14-5-2-6-15-23)31-27(32-26)34-17-9-10-18-34/h1-8,11-16,19H,9-10,17-18,20H2,(H2,29,30,31,32,33)/b28-19-. The van der Waals surface area contributed by atoms with Gasteiger partial charge in [-0.3, -0.25) is 0 Å². The number of hydrazone groups is 1. The van der Waals surface area contributed by atoms with E-state index in [1.165, 1.54) is 0 Å². The van der Waals surface area contributed by atoms with Crippen LogP contribution in [0.2, 0.25) is 0 Å². The molecule has 0 bridgehead atoms. The highest BCUT2D eigenvalue weighted by atomic mass is 16.5. The predicted molar refractivity (Wildman–Crippen MR) is 139 cm³/mol. The summed E-state index contributed by atoms with van der Waals surface area (Å²) in [5.41, 5.74) is 5.84. The molecule has 0 radical (unpaired) electrons. The second-order valence-electron chi connectivity index (χ2n) is 8.15. The minimum Gasteiger partial charge on any atom is -0.488 e. The van der Waals surface area contributed by atoms with Crippen LogP contribution in [-0.4, -0.2) is 34.3 Å². The number of nitrogens with zero attached hydrogens (tertiary/aromatic N) is 5. The van der Waals surface area contributed by atoms with Crippen LogP contribution in [0, 0.1) is 0 Å². The summed E-state index contributed by atoms with van der Waals surface area (Å²) in [6.07, 6.45) is 3.98. The number of para-hydroxylation sites is 2. The summed E-state index contributed by atoms with van der Waals surface area (Å²) in [7, 11) is 0. The number of hydrogen-bond acceptors (Lipinski definition) is 8. The fourth-order valence-electron chi connectivity index (χ4n) is 3.79. The molecular weight excluding hydrogens is 438 g/mol. The van der Waals surface area contributed by atoms with Crippen LogP contribution in [0.1, 0.15) is 24.0 Å². The molecule has 1 aliphatic rings. The van der Waals surface area contributed by atoms with Gasteiger partial charge in [0, 0.05) is 24.3 Å². The fourth-order valence-corrected chi connectivity index (χ4v) is 3.79. The molecule has 5 rings (SSSR count). The SMILES string of the molecule is C(=N/Nc1nc(Nc2ccccc2)nc(N2CCCC2)n1)/c1ccccc1OCc1ccccc1. The van der Waals surface area contributed by atoms with Crippen molar-refractivity contribution in [3.05, 3.63) is 96.1 Å². The molecule has 1 aromatic heterocycles. The minimum absolute atomic E-state index is 0.374. The lowest BCUT2D eigenvalue weighted by molar-refractivity contribution is 0.306. The summed E-state index contributed by atoms with van der Waals surface area (Å²) in [4.78, 5) is 15.9. The predicted octanol–water partition coefficient (Wildman–Crippen LogP) is 5.24. The summed E-state index contributed by atoms with van der Waals surface area (Å²) in [6, 6.07) is 27.7. The highest BCUT2D eigenvalue weighted by Gasteiger charge is 2.17. The Morgan fingerprint density at radius 1 is 0.800 bits per heavy atom. The number of hydrogen-bond donors (Lipinski definition) is 2. The van der Waals surface area contributed by atoms with Crippen molar-refractivity contribution in [3.8, 4) is 5.75 Å². The maximum Gasteiger partial charge on any atom is 0.250 e. The van der Waals surface area contributed by atoms with Gasteiger partial charge in [-0.2, -0.15) is 20.1 Å². The normalized spacial score (nSPS) is 13.2. The van der Waals surface area contributed by atoms with Crippen molar-refractivity contribution < 1.29 is 4.74 Å². The van der Waals surface area contributed by atoms with Crippen molar-refractivity contribution in [3.63, 3.8) is 0 Å². The first kappa shape index (κ1) is 22.3. The Hall–Kier alpha value is -4.46. The Morgan fingerprint density at radius 2 is 1.49 bits per heavy atom. The van der Waals surface area contributed by atoms with E-state index in [0.29, 0.717) is 24.5 Å². The van der Waals surface area contributed by atoms with E-state index in [-0.39, 0.29) is 0 Å². The second kappa shape index (κ2) is 11.1. The average Bonchev–Trinajstić information content (AvgIpc) is 3.45. The molecule has 1 fully saturated rings. The van der Waals surface area contributed by atoms with E-state index in [1.54, 1.807) is 6.21 Å². The number of aromatic nitrogens is 3. The van der Waals surface area contributed by atoms with Crippen LogP contribution in [0.25, 0.3) is 0 Å². The molecule has 8 nitrogen and oxygen atoms in total. The van der Waals surface area contributed by atoms with Gasteiger partial charge in [0.1, 0.15) is 12.4 Å². The fraction of sp³-hybridized carbons (Fsp3) is 0.185. The van der Waals surface area contributed by atoms with Crippen molar-refractivity contribution in [1.29, 1.82) is 0 Å². The summed E-state index contributed by atoms with van der Waals surface area (Å²) in [5, 5.41) is 7.65. The van der Waals surface area contributed by atoms with Gasteiger partial charge in [-0.05, 0) is 42.7 Å². The summed E-state index contributed by atoms with van der Waals surface area (Å²) in [6.45, 7) is 2.35. The van der Waals surface area contributed by atoms with Gasteiger partial charge in [-0.15, -0.1) is 0 Å². The zero-order valence-corrected chi connectivity index (χ0v) is 19.3. The lowest BCUT2D eigenvalue weighted by atomic mass is 10.2. The van der Waals surface area contributed by atoms with Crippen LogP contribution in [0.5, 0.6) is 5.75 Å². The first-order valence-corrected chi connectivity index (χ1v) is 11.7. The van der Waals surface area contributed by atoms with Crippen molar-refractivity contribution in [1.82, 2.24) is 15.0 Å². The van der Waals surface area contributed by atoms with Gasteiger partial charge in [-0.1, -0.05) is 60.7 Å². The van der Waals surface area contributed by atoms with E-state index in [2.05, 4.69) is 35.7 Å². The van der Waals surface area contributed by atoms with E-state index in [9.17, 15) is 0 Å². The molecule has 0 spiro atoms. The summed E-state index contributed by atoms with van der Waals surface area (Å²) >= 11 is 0. The molecule has 1 aliphatic heterocycles.